The third-order valence-corrected chi connectivity index (χ3v) is 6.17. The van der Waals surface area contributed by atoms with E-state index < -0.39 is 6.17 Å². The number of nitrogens with one attached hydrogen (secondary N) is 1. The lowest BCUT2D eigenvalue weighted by molar-refractivity contribution is -0.116. The van der Waals surface area contributed by atoms with Crippen LogP contribution in [0.5, 0.6) is 0 Å². The molecule has 2 aliphatic rings. The summed E-state index contributed by atoms with van der Waals surface area (Å²) in [4.78, 5) is 17.8. The number of hydrogen-bond acceptors (Lipinski definition) is 5. The van der Waals surface area contributed by atoms with E-state index in [9.17, 15) is 9.18 Å². The standard InChI is InChI=1S/C21H20BrFN4OS/c1-2-3-4-11-29-21-25-20(28)18-16-12-14(22)7-10-17(16)24-19(27(18)26-21)13-5-8-15(23)9-6-13/h5-10,12,19H,2-4,11H2,1H3,(H,25,26,28)/t19-/m1/s1. The average Bonchev–Trinajstić information content (AvgIpc) is 2.71. The van der Waals surface area contributed by atoms with Gasteiger partial charge in [-0.3, -0.25) is 15.1 Å². The topological polar surface area (TPSA) is 57.1 Å². The number of hydrazone groups is 1. The quantitative estimate of drug-likeness (QED) is 0.672. The molecular formula is C21H20BrFN4OS. The highest BCUT2D eigenvalue weighted by atomic mass is 79.9. The van der Waals surface area contributed by atoms with Gasteiger partial charge in [0.05, 0.1) is 5.36 Å². The maximum Gasteiger partial charge on any atom is 0.276 e. The summed E-state index contributed by atoms with van der Waals surface area (Å²) in [7, 11) is 0. The van der Waals surface area contributed by atoms with Crippen LogP contribution in [0.15, 0.2) is 57.0 Å². The first-order chi connectivity index (χ1) is 14.1. The van der Waals surface area contributed by atoms with Crippen molar-refractivity contribution in [1.29, 1.82) is 0 Å². The second kappa shape index (κ2) is 8.67. The highest BCUT2D eigenvalue weighted by molar-refractivity contribution is 9.10. The minimum absolute atomic E-state index is 0.209. The molecule has 0 aliphatic carbocycles. The van der Waals surface area contributed by atoms with Crippen LogP contribution < -0.4 is 15.9 Å². The number of nitrogens with zero attached hydrogens (tertiary/aromatic N) is 3. The van der Waals surface area contributed by atoms with Crippen molar-refractivity contribution >= 4 is 44.5 Å². The number of fused-ring (bicyclic) bond motifs is 2. The zero-order chi connectivity index (χ0) is 20.4. The van der Waals surface area contributed by atoms with E-state index in [0.717, 1.165) is 35.1 Å². The minimum Gasteiger partial charge on any atom is -0.298 e. The van der Waals surface area contributed by atoms with Gasteiger partial charge < -0.3 is 0 Å². The van der Waals surface area contributed by atoms with Crippen LogP contribution in [0.4, 0.5) is 4.39 Å². The van der Waals surface area contributed by atoms with Crippen LogP contribution in [-0.2, 0) is 4.79 Å². The van der Waals surface area contributed by atoms with E-state index in [1.165, 1.54) is 23.9 Å². The van der Waals surface area contributed by atoms with Crippen LogP contribution in [0.25, 0.3) is 5.70 Å². The van der Waals surface area contributed by atoms with Gasteiger partial charge in [-0.15, -0.1) is 5.10 Å². The molecule has 4 rings (SSSR count). The average molecular weight is 475 g/mol. The molecule has 1 amide bonds. The Kier molecular flexibility index (Phi) is 6.01. The van der Waals surface area contributed by atoms with Gasteiger partial charge in [-0.25, -0.2) is 9.40 Å². The Hall–Kier alpha value is -2.19. The van der Waals surface area contributed by atoms with E-state index in [2.05, 4.69) is 28.2 Å². The predicted octanol–water partition coefficient (Wildman–Crippen LogP) is 3.65. The van der Waals surface area contributed by atoms with Crippen LogP contribution in [0.1, 0.15) is 37.9 Å². The molecule has 0 unspecified atom stereocenters. The van der Waals surface area contributed by atoms with Crippen molar-refractivity contribution in [3.8, 4) is 0 Å². The molecule has 2 aromatic carbocycles. The Morgan fingerprint density at radius 1 is 1.21 bits per heavy atom. The lowest BCUT2D eigenvalue weighted by atomic mass is 10.1. The maximum absolute atomic E-state index is 13.4. The normalized spacial score (nSPS) is 17.8. The smallest absolute Gasteiger partial charge is 0.276 e. The van der Waals surface area contributed by atoms with Gasteiger partial charge in [0, 0.05) is 15.4 Å². The van der Waals surface area contributed by atoms with Crippen LogP contribution in [0.2, 0.25) is 0 Å². The summed E-state index contributed by atoms with van der Waals surface area (Å²) in [5, 5.41) is 11.3. The van der Waals surface area contributed by atoms with E-state index in [-0.39, 0.29) is 11.7 Å². The molecule has 2 aliphatic heterocycles. The summed E-state index contributed by atoms with van der Waals surface area (Å²) in [5.74, 6) is 0.362. The largest absolute Gasteiger partial charge is 0.298 e. The van der Waals surface area contributed by atoms with Gasteiger partial charge in [0.2, 0.25) is 0 Å². The number of thioether (sulfide) groups is 1. The summed E-state index contributed by atoms with van der Waals surface area (Å²) in [5.41, 5.74) is 1.22. The highest BCUT2D eigenvalue weighted by Gasteiger charge is 2.34. The number of rotatable bonds is 5. The fourth-order valence-corrected chi connectivity index (χ4v) is 4.50. The second-order valence-electron chi connectivity index (χ2n) is 6.82. The van der Waals surface area contributed by atoms with Gasteiger partial charge in [-0.1, -0.05) is 59.6 Å². The van der Waals surface area contributed by atoms with Crippen molar-refractivity contribution in [3.63, 3.8) is 0 Å². The molecule has 0 radical (unpaired) electrons. The fourth-order valence-electron chi connectivity index (χ4n) is 3.29. The van der Waals surface area contributed by atoms with Gasteiger partial charge in [-0.05, 0) is 42.3 Å². The lowest BCUT2D eigenvalue weighted by Gasteiger charge is -2.34. The second-order valence-corrected chi connectivity index (χ2v) is 8.82. The molecule has 29 heavy (non-hydrogen) atoms. The number of amides is 1. The first kappa shape index (κ1) is 20.1. The number of carbonyl (C=O) groups excluding carboxylic acids is 1. The van der Waals surface area contributed by atoms with E-state index >= 15 is 0 Å². The van der Waals surface area contributed by atoms with Crippen molar-refractivity contribution in [1.82, 2.24) is 10.3 Å². The minimum atomic E-state index is -0.531. The Bertz CT molecular complexity index is 1090. The first-order valence-electron chi connectivity index (χ1n) is 9.52. The molecular weight excluding hydrogens is 455 g/mol. The predicted molar refractivity (Wildman–Crippen MR) is 117 cm³/mol. The molecule has 2 heterocycles. The van der Waals surface area contributed by atoms with Gasteiger partial charge in [0.15, 0.2) is 11.3 Å². The lowest BCUT2D eigenvalue weighted by Crippen LogP contribution is -2.50. The summed E-state index contributed by atoms with van der Waals surface area (Å²) in [6.07, 6.45) is 2.82. The number of carbonyl (C=O) groups is 1. The summed E-state index contributed by atoms with van der Waals surface area (Å²) in [6.45, 7) is 2.16. The van der Waals surface area contributed by atoms with Crippen molar-refractivity contribution in [3.05, 3.63) is 68.9 Å². The number of benzene rings is 2. The van der Waals surface area contributed by atoms with Gasteiger partial charge in [-0.2, -0.15) is 0 Å². The molecule has 0 fully saturated rings. The molecule has 1 atom stereocenters. The molecule has 0 spiro atoms. The van der Waals surface area contributed by atoms with Crippen molar-refractivity contribution in [2.24, 2.45) is 10.1 Å². The van der Waals surface area contributed by atoms with Crippen LogP contribution in [0.3, 0.4) is 0 Å². The zero-order valence-electron chi connectivity index (χ0n) is 15.9. The van der Waals surface area contributed by atoms with E-state index in [4.69, 9.17) is 10.1 Å². The van der Waals surface area contributed by atoms with Crippen molar-refractivity contribution in [2.75, 3.05) is 5.75 Å². The number of halogens is 2. The van der Waals surface area contributed by atoms with Crippen LogP contribution in [-0.4, -0.2) is 21.8 Å². The van der Waals surface area contributed by atoms with Gasteiger partial charge >= 0.3 is 0 Å². The Morgan fingerprint density at radius 3 is 2.76 bits per heavy atom. The third-order valence-electron chi connectivity index (χ3n) is 4.72. The fraction of sp³-hybridized carbons (Fsp3) is 0.286. The molecule has 0 bridgehead atoms. The molecule has 1 N–H and O–H groups in total. The third kappa shape index (κ3) is 4.23. The number of hydrogen-bond donors (Lipinski definition) is 1. The summed E-state index contributed by atoms with van der Waals surface area (Å²) >= 11 is 5.00. The maximum atomic E-state index is 13.4. The van der Waals surface area contributed by atoms with E-state index in [1.54, 1.807) is 17.1 Å². The first-order valence-corrected chi connectivity index (χ1v) is 11.3. The number of amidine groups is 1. The molecule has 0 saturated heterocycles. The SMILES string of the molecule is CCCCCSC1=NN2C(=c3cc(Br)ccc3=N[C@H]2c2ccc(F)cc2)C(=O)N1. The molecule has 2 aromatic rings. The summed E-state index contributed by atoms with van der Waals surface area (Å²) < 4.78 is 14.3. The van der Waals surface area contributed by atoms with Crippen molar-refractivity contribution < 1.29 is 9.18 Å². The molecule has 0 aromatic heterocycles. The highest BCUT2D eigenvalue weighted by Crippen LogP contribution is 2.31. The summed E-state index contributed by atoms with van der Waals surface area (Å²) in [6, 6.07) is 11.8. The van der Waals surface area contributed by atoms with Crippen LogP contribution >= 0.6 is 27.7 Å². The van der Waals surface area contributed by atoms with E-state index in [0.29, 0.717) is 21.4 Å². The molecule has 8 heteroatoms. The monoisotopic (exact) mass is 474 g/mol. The zero-order valence-corrected chi connectivity index (χ0v) is 18.3. The Balaban J connectivity index is 1.79. The van der Waals surface area contributed by atoms with Gasteiger partial charge in [0.1, 0.15) is 11.5 Å². The van der Waals surface area contributed by atoms with Crippen LogP contribution in [0, 0.1) is 5.82 Å². The Morgan fingerprint density at radius 2 is 2.00 bits per heavy atom. The molecule has 0 saturated carbocycles. The molecule has 150 valence electrons. The van der Waals surface area contributed by atoms with Crippen molar-refractivity contribution in [2.45, 2.75) is 32.4 Å². The molecule has 5 nitrogen and oxygen atoms in total. The van der Waals surface area contributed by atoms with Gasteiger partial charge in [0.25, 0.3) is 5.91 Å². The number of unbranched alkanes of at least 4 members (excludes halogenated alkanes) is 2. The Labute approximate surface area is 180 Å². The van der Waals surface area contributed by atoms with E-state index in [1.807, 2.05) is 18.2 Å².